The van der Waals surface area contributed by atoms with Crippen LogP contribution >= 0.6 is 0 Å². The fourth-order valence-corrected chi connectivity index (χ4v) is 2.16. The molecule has 1 fully saturated rings. The standard InChI is InChI=1S/C15H17N5O5/c1-2-23-12-4-3-10(7-17-12)14-18-13(25-19-14)8-16-11(21)9-20-5-6-24-15(20)22/h3-4,7H,2,5-6,8-9H2,1H3,(H,16,21). The lowest BCUT2D eigenvalue weighted by molar-refractivity contribution is -0.121. The summed E-state index contributed by atoms with van der Waals surface area (Å²) < 4.78 is 15.1. The van der Waals surface area contributed by atoms with E-state index in [2.05, 4.69) is 20.4 Å². The maximum Gasteiger partial charge on any atom is 0.410 e. The van der Waals surface area contributed by atoms with E-state index in [0.717, 1.165) is 0 Å². The number of hydrogen-bond donors (Lipinski definition) is 1. The molecule has 3 heterocycles. The summed E-state index contributed by atoms with van der Waals surface area (Å²) in [4.78, 5) is 32.7. The Balaban J connectivity index is 1.52. The van der Waals surface area contributed by atoms with Gasteiger partial charge in [-0.1, -0.05) is 5.16 Å². The van der Waals surface area contributed by atoms with Crippen LogP contribution < -0.4 is 10.1 Å². The lowest BCUT2D eigenvalue weighted by Gasteiger charge is -2.11. The number of aromatic nitrogens is 3. The number of carbonyl (C=O) groups is 2. The third kappa shape index (κ3) is 4.22. The molecule has 0 unspecified atom stereocenters. The first-order valence-electron chi connectivity index (χ1n) is 7.76. The molecule has 10 nitrogen and oxygen atoms in total. The minimum Gasteiger partial charge on any atom is -0.478 e. The molecule has 1 saturated heterocycles. The number of nitrogens with one attached hydrogen (secondary N) is 1. The van der Waals surface area contributed by atoms with Gasteiger partial charge >= 0.3 is 6.09 Å². The summed E-state index contributed by atoms with van der Waals surface area (Å²) in [5.41, 5.74) is 0.671. The number of carbonyl (C=O) groups excluding carboxylic acids is 2. The van der Waals surface area contributed by atoms with Gasteiger partial charge in [0.15, 0.2) is 0 Å². The van der Waals surface area contributed by atoms with Crippen LogP contribution in [0.25, 0.3) is 11.4 Å². The number of hydrogen-bond acceptors (Lipinski definition) is 8. The zero-order chi connectivity index (χ0) is 17.6. The van der Waals surface area contributed by atoms with E-state index in [-0.39, 0.29) is 24.9 Å². The third-order valence-corrected chi connectivity index (χ3v) is 3.37. The Morgan fingerprint density at radius 1 is 1.44 bits per heavy atom. The highest BCUT2D eigenvalue weighted by atomic mass is 16.6. The molecular formula is C15H17N5O5. The molecule has 10 heteroatoms. The zero-order valence-electron chi connectivity index (χ0n) is 13.6. The predicted octanol–water partition coefficient (Wildman–Crippen LogP) is 0.599. The molecule has 0 bridgehead atoms. The van der Waals surface area contributed by atoms with Crippen molar-refractivity contribution in [1.29, 1.82) is 0 Å². The van der Waals surface area contributed by atoms with Crippen LogP contribution in [0.15, 0.2) is 22.9 Å². The van der Waals surface area contributed by atoms with Crippen molar-refractivity contribution in [2.45, 2.75) is 13.5 Å². The van der Waals surface area contributed by atoms with E-state index in [9.17, 15) is 9.59 Å². The molecule has 0 aliphatic carbocycles. The van der Waals surface area contributed by atoms with E-state index in [1.54, 1.807) is 18.3 Å². The third-order valence-electron chi connectivity index (χ3n) is 3.37. The number of rotatable bonds is 7. The Kier molecular flexibility index (Phi) is 5.07. The zero-order valence-corrected chi connectivity index (χ0v) is 13.6. The quantitative estimate of drug-likeness (QED) is 0.773. The molecule has 132 valence electrons. The van der Waals surface area contributed by atoms with Gasteiger partial charge in [0.1, 0.15) is 13.2 Å². The maximum absolute atomic E-state index is 11.8. The molecule has 2 aromatic rings. The van der Waals surface area contributed by atoms with Gasteiger partial charge < -0.3 is 19.3 Å². The van der Waals surface area contributed by atoms with Crippen molar-refractivity contribution in [2.24, 2.45) is 0 Å². The van der Waals surface area contributed by atoms with Crippen molar-refractivity contribution in [1.82, 2.24) is 25.3 Å². The smallest absolute Gasteiger partial charge is 0.410 e. The fraction of sp³-hybridized carbons (Fsp3) is 0.400. The van der Waals surface area contributed by atoms with Crippen molar-refractivity contribution in [3.63, 3.8) is 0 Å². The highest BCUT2D eigenvalue weighted by molar-refractivity contribution is 5.82. The Morgan fingerprint density at radius 3 is 3.00 bits per heavy atom. The fourth-order valence-electron chi connectivity index (χ4n) is 2.16. The van der Waals surface area contributed by atoms with E-state index >= 15 is 0 Å². The second-order valence-corrected chi connectivity index (χ2v) is 5.14. The molecule has 1 N–H and O–H groups in total. The van der Waals surface area contributed by atoms with Crippen molar-refractivity contribution < 1.29 is 23.6 Å². The summed E-state index contributed by atoms with van der Waals surface area (Å²) in [5, 5.41) is 6.47. The highest BCUT2D eigenvalue weighted by Gasteiger charge is 2.24. The molecule has 2 amide bonds. The summed E-state index contributed by atoms with van der Waals surface area (Å²) >= 11 is 0. The summed E-state index contributed by atoms with van der Waals surface area (Å²) in [5.74, 6) is 0.799. The normalized spacial score (nSPS) is 13.6. The molecule has 25 heavy (non-hydrogen) atoms. The van der Waals surface area contributed by atoms with E-state index in [0.29, 0.717) is 37.0 Å². The van der Waals surface area contributed by atoms with Crippen LogP contribution in [0.5, 0.6) is 5.88 Å². The maximum atomic E-state index is 11.8. The minimum absolute atomic E-state index is 0.0668. The van der Waals surface area contributed by atoms with Gasteiger partial charge in [-0.15, -0.1) is 0 Å². The number of nitrogens with zero attached hydrogens (tertiary/aromatic N) is 4. The second-order valence-electron chi connectivity index (χ2n) is 5.14. The van der Waals surface area contributed by atoms with Gasteiger partial charge in [-0.05, 0) is 13.0 Å². The summed E-state index contributed by atoms with van der Waals surface area (Å²) in [7, 11) is 0. The Labute approximate surface area is 143 Å². The molecule has 0 radical (unpaired) electrons. The van der Waals surface area contributed by atoms with Gasteiger partial charge in [0.2, 0.25) is 23.5 Å². The van der Waals surface area contributed by atoms with E-state index < -0.39 is 6.09 Å². The van der Waals surface area contributed by atoms with E-state index in [4.69, 9.17) is 14.0 Å². The largest absolute Gasteiger partial charge is 0.478 e. The van der Waals surface area contributed by atoms with Gasteiger partial charge in [-0.3, -0.25) is 9.69 Å². The van der Waals surface area contributed by atoms with Gasteiger partial charge in [0.25, 0.3) is 0 Å². The first-order chi connectivity index (χ1) is 12.2. The lowest BCUT2D eigenvalue weighted by Crippen LogP contribution is -2.37. The van der Waals surface area contributed by atoms with Crippen LogP contribution in [-0.2, 0) is 16.1 Å². The number of ether oxygens (including phenoxy) is 2. The second kappa shape index (κ2) is 7.60. The average molecular weight is 347 g/mol. The summed E-state index contributed by atoms with van der Waals surface area (Å²) in [6.07, 6.45) is 1.09. The molecule has 1 aliphatic heterocycles. The van der Waals surface area contributed by atoms with Crippen LogP contribution in [0.3, 0.4) is 0 Å². The predicted molar refractivity (Wildman–Crippen MR) is 83.5 cm³/mol. The first kappa shape index (κ1) is 16.7. The molecule has 3 rings (SSSR count). The molecular weight excluding hydrogens is 330 g/mol. The number of pyridine rings is 1. The topological polar surface area (TPSA) is 120 Å². The number of cyclic esters (lactones) is 1. The van der Waals surface area contributed by atoms with Gasteiger partial charge in [0, 0.05) is 17.8 Å². The lowest BCUT2D eigenvalue weighted by atomic mass is 10.3. The van der Waals surface area contributed by atoms with Gasteiger partial charge in [-0.25, -0.2) is 9.78 Å². The molecule has 0 aromatic carbocycles. The van der Waals surface area contributed by atoms with Crippen LogP contribution in [0.2, 0.25) is 0 Å². The summed E-state index contributed by atoms with van der Waals surface area (Å²) in [6, 6.07) is 3.48. The van der Waals surface area contributed by atoms with E-state index in [1.165, 1.54) is 4.90 Å². The Morgan fingerprint density at radius 2 is 2.32 bits per heavy atom. The van der Waals surface area contributed by atoms with E-state index in [1.807, 2.05) is 6.92 Å². The molecule has 1 aliphatic rings. The highest BCUT2D eigenvalue weighted by Crippen LogP contribution is 2.17. The average Bonchev–Trinajstić information content (AvgIpc) is 3.24. The van der Waals surface area contributed by atoms with Crippen molar-refractivity contribution in [3.8, 4) is 17.3 Å². The SMILES string of the molecule is CCOc1ccc(-c2noc(CNC(=O)CN3CCOC3=O)n2)cn1. The number of amides is 2. The minimum atomic E-state index is -0.488. The van der Waals surface area contributed by atoms with Gasteiger partial charge in [-0.2, -0.15) is 4.98 Å². The van der Waals surface area contributed by atoms with Crippen LogP contribution in [0.1, 0.15) is 12.8 Å². The van der Waals surface area contributed by atoms with Crippen LogP contribution in [0.4, 0.5) is 4.79 Å². The monoisotopic (exact) mass is 347 g/mol. The van der Waals surface area contributed by atoms with Crippen LogP contribution in [-0.4, -0.2) is 58.3 Å². The van der Waals surface area contributed by atoms with Crippen LogP contribution in [0, 0.1) is 0 Å². The molecule has 0 atom stereocenters. The van der Waals surface area contributed by atoms with Crippen molar-refractivity contribution in [3.05, 3.63) is 24.2 Å². The van der Waals surface area contributed by atoms with Gasteiger partial charge in [0.05, 0.1) is 19.7 Å². The molecule has 0 saturated carbocycles. The summed E-state index contributed by atoms with van der Waals surface area (Å²) in [6.45, 7) is 3.12. The Bertz CT molecular complexity index is 745. The van der Waals surface area contributed by atoms with Crippen molar-refractivity contribution >= 4 is 12.0 Å². The molecule has 0 spiro atoms. The van der Waals surface area contributed by atoms with Crippen molar-refractivity contribution in [2.75, 3.05) is 26.3 Å². The Hall–Kier alpha value is -3.17. The first-order valence-corrected chi connectivity index (χ1v) is 7.76. The molecule has 2 aromatic heterocycles.